The van der Waals surface area contributed by atoms with E-state index in [9.17, 15) is 9.18 Å². The second kappa shape index (κ2) is 8.01. The van der Waals surface area contributed by atoms with Gasteiger partial charge in [0.2, 0.25) is 0 Å². The second-order valence-electron chi connectivity index (χ2n) is 5.66. The molecule has 0 bridgehead atoms. The van der Waals surface area contributed by atoms with Crippen molar-refractivity contribution in [3.63, 3.8) is 0 Å². The molecule has 26 heavy (non-hydrogen) atoms. The summed E-state index contributed by atoms with van der Waals surface area (Å²) in [6, 6.07) is 13.3. The van der Waals surface area contributed by atoms with Crippen LogP contribution in [0.5, 0.6) is 5.75 Å². The number of nitrogens with zero attached hydrogens (tertiary/aromatic N) is 3. The summed E-state index contributed by atoms with van der Waals surface area (Å²) in [6.45, 7) is 0.501. The first kappa shape index (κ1) is 17.9. The minimum Gasteiger partial charge on any atom is -0.489 e. The summed E-state index contributed by atoms with van der Waals surface area (Å²) in [5, 5.41) is 4.79. The molecule has 0 radical (unpaired) electrons. The Morgan fingerprint density at radius 1 is 1.27 bits per heavy atom. The highest BCUT2D eigenvalue weighted by molar-refractivity contribution is 6.30. The van der Waals surface area contributed by atoms with Gasteiger partial charge >= 0.3 is 0 Å². The van der Waals surface area contributed by atoms with Gasteiger partial charge in [-0.3, -0.25) is 4.79 Å². The van der Waals surface area contributed by atoms with E-state index in [1.807, 2.05) is 12.1 Å². The molecule has 0 N–H and O–H groups in total. The lowest BCUT2D eigenvalue weighted by atomic mass is 10.3. The lowest BCUT2D eigenvalue weighted by molar-refractivity contribution is 0.0773. The number of para-hydroxylation sites is 1. The number of carbonyl (C=O) groups excluding carboxylic acids is 1. The third kappa shape index (κ3) is 4.21. The third-order valence-electron chi connectivity index (χ3n) is 3.77. The maximum atomic E-state index is 13.5. The van der Waals surface area contributed by atoms with Gasteiger partial charge in [-0.1, -0.05) is 29.8 Å². The van der Waals surface area contributed by atoms with Crippen LogP contribution in [-0.4, -0.2) is 40.8 Å². The molecule has 1 amide bonds. The molecule has 0 aliphatic carbocycles. The van der Waals surface area contributed by atoms with Crippen LogP contribution in [0.1, 0.15) is 10.4 Å². The maximum Gasteiger partial charge on any atom is 0.256 e. The summed E-state index contributed by atoms with van der Waals surface area (Å²) in [5.41, 5.74) is 1.21. The van der Waals surface area contributed by atoms with E-state index in [4.69, 9.17) is 16.3 Å². The SMILES string of the molecule is CN(CCOc1ccccc1F)C(=O)c1cnn(-c2cccc(Cl)c2)c1. The van der Waals surface area contributed by atoms with E-state index >= 15 is 0 Å². The Morgan fingerprint density at radius 3 is 2.85 bits per heavy atom. The molecule has 2 aromatic carbocycles. The molecule has 7 heteroatoms. The van der Waals surface area contributed by atoms with Gasteiger partial charge in [-0.2, -0.15) is 5.10 Å². The first-order valence-electron chi connectivity index (χ1n) is 7.98. The number of carbonyl (C=O) groups is 1. The molecule has 3 rings (SSSR count). The Balaban J connectivity index is 1.59. The molecule has 134 valence electrons. The monoisotopic (exact) mass is 373 g/mol. The zero-order valence-corrected chi connectivity index (χ0v) is 14.9. The van der Waals surface area contributed by atoms with Crippen molar-refractivity contribution in [1.29, 1.82) is 0 Å². The van der Waals surface area contributed by atoms with E-state index in [1.165, 1.54) is 17.2 Å². The molecule has 0 saturated carbocycles. The van der Waals surface area contributed by atoms with Gasteiger partial charge in [0.1, 0.15) is 6.61 Å². The summed E-state index contributed by atoms with van der Waals surface area (Å²) in [6.07, 6.45) is 3.14. The molecule has 0 saturated heterocycles. The number of likely N-dealkylation sites (N-methyl/N-ethyl adjacent to an activating group) is 1. The van der Waals surface area contributed by atoms with Gasteiger partial charge in [0.25, 0.3) is 5.91 Å². The lowest BCUT2D eigenvalue weighted by Crippen LogP contribution is -2.30. The molecule has 0 atom stereocenters. The number of hydrogen-bond donors (Lipinski definition) is 0. The fourth-order valence-electron chi connectivity index (χ4n) is 2.37. The molecule has 1 heterocycles. The summed E-state index contributed by atoms with van der Waals surface area (Å²) in [7, 11) is 1.66. The standard InChI is InChI=1S/C19H17ClFN3O2/c1-23(9-10-26-18-8-3-2-7-17(18)21)19(25)14-12-22-24(13-14)16-6-4-5-15(20)11-16/h2-8,11-13H,9-10H2,1H3. The second-order valence-corrected chi connectivity index (χ2v) is 6.10. The highest BCUT2D eigenvalue weighted by Gasteiger charge is 2.15. The molecule has 5 nitrogen and oxygen atoms in total. The maximum absolute atomic E-state index is 13.5. The predicted octanol–water partition coefficient (Wildman–Crippen LogP) is 3.82. The normalized spacial score (nSPS) is 10.6. The number of aromatic nitrogens is 2. The van der Waals surface area contributed by atoms with Crippen LogP contribution >= 0.6 is 11.6 Å². The summed E-state index contributed by atoms with van der Waals surface area (Å²) in [4.78, 5) is 14.0. The molecule has 1 aromatic heterocycles. The van der Waals surface area contributed by atoms with Gasteiger partial charge in [-0.05, 0) is 30.3 Å². The largest absolute Gasteiger partial charge is 0.489 e. The summed E-state index contributed by atoms with van der Waals surface area (Å²) in [5.74, 6) is -0.457. The first-order valence-corrected chi connectivity index (χ1v) is 8.36. The van der Waals surface area contributed by atoms with Crippen molar-refractivity contribution in [3.8, 4) is 11.4 Å². The van der Waals surface area contributed by atoms with Gasteiger partial charge in [0.15, 0.2) is 11.6 Å². The number of ether oxygens (including phenoxy) is 1. The Kier molecular flexibility index (Phi) is 5.53. The first-order chi connectivity index (χ1) is 12.5. The highest BCUT2D eigenvalue weighted by atomic mass is 35.5. The van der Waals surface area contributed by atoms with Crippen LogP contribution in [0, 0.1) is 5.82 Å². The van der Waals surface area contributed by atoms with Crippen LogP contribution in [-0.2, 0) is 0 Å². The average molecular weight is 374 g/mol. The highest BCUT2D eigenvalue weighted by Crippen LogP contribution is 2.16. The van der Waals surface area contributed by atoms with E-state index in [1.54, 1.807) is 48.3 Å². The molecular weight excluding hydrogens is 357 g/mol. The van der Waals surface area contributed by atoms with E-state index in [0.29, 0.717) is 17.1 Å². The lowest BCUT2D eigenvalue weighted by Gasteiger charge is -2.16. The number of amides is 1. The van der Waals surface area contributed by atoms with E-state index in [2.05, 4.69) is 5.10 Å². The molecule has 0 aliphatic rings. The van der Waals surface area contributed by atoms with E-state index in [0.717, 1.165) is 5.69 Å². The molecular formula is C19H17ClFN3O2. The Bertz CT molecular complexity index is 913. The smallest absolute Gasteiger partial charge is 0.256 e. The van der Waals surface area contributed by atoms with Crippen molar-refractivity contribution in [2.45, 2.75) is 0 Å². The molecule has 0 unspecified atom stereocenters. The van der Waals surface area contributed by atoms with E-state index < -0.39 is 5.82 Å². The topological polar surface area (TPSA) is 47.4 Å². The zero-order valence-electron chi connectivity index (χ0n) is 14.1. The Morgan fingerprint density at radius 2 is 2.08 bits per heavy atom. The van der Waals surface area contributed by atoms with Crippen molar-refractivity contribution in [3.05, 3.63) is 77.3 Å². The molecule has 3 aromatic rings. The van der Waals surface area contributed by atoms with Gasteiger partial charge in [-0.25, -0.2) is 9.07 Å². The van der Waals surface area contributed by atoms with Crippen LogP contribution in [0.2, 0.25) is 5.02 Å². The number of rotatable bonds is 6. The fraction of sp³-hybridized carbons (Fsp3) is 0.158. The van der Waals surface area contributed by atoms with Gasteiger partial charge in [0.05, 0.1) is 24.0 Å². The van der Waals surface area contributed by atoms with Crippen LogP contribution in [0.25, 0.3) is 5.69 Å². The third-order valence-corrected chi connectivity index (χ3v) is 4.00. The Labute approximate surface area is 155 Å². The fourth-order valence-corrected chi connectivity index (χ4v) is 2.55. The summed E-state index contributed by atoms with van der Waals surface area (Å²) >= 11 is 5.98. The van der Waals surface area contributed by atoms with E-state index in [-0.39, 0.29) is 18.3 Å². The summed E-state index contributed by atoms with van der Waals surface area (Å²) < 4.78 is 20.5. The average Bonchev–Trinajstić information content (AvgIpc) is 3.13. The van der Waals surface area contributed by atoms with Crippen molar-refractivity contribution < 1.29 is 13.9 Å². The van der Waals surface area contributed by atoms with Crippen LogP contribution < -0.4 is 4.74 Å². The minimum atomic E-state index is -0.427. The molecule has 0 spiro atoms. The number of benzene rings is 2. The molecule has 0 fully saturated rings. The van der Waals surface area contributed by atoms with Gasteiger partial charge < -0.3 is 9.64 Å². The number of halogens is 2. The molecule has 0 aliphatic heterocycles. The quantitative estimate of drug-likeness (QED) is 0.660. The van der Waals surface area contributed by atoms with Crippen LogP contribution in [0.3, 0.4) is 0 Å². The van der Waals surface area contributed by atoms with Gasteiger partial charge in [-0.15, -0.1) is 0 Å². The van der Waals surface area contributed by atoms with Crippen molar-refractivity contribution in [1.82, 2.24) is 14.7 Å². The zero-order chi connectivity index (χ0) is 18.5. The van der Waals surface area contributed by atoms with Crippen LogP contribution in [0.4, 0.5) is 4.39 Å². The minimum absolute atomic E-state index is 0.169. The van der Waals surface area contributed by atoms with Crippen LogP contribution in [0.15, 0.2) is 60.9 Å². The van der Waals surface area contributed by atoms with Crippen molar-refractivity contribution >= 4 is 17.5 Å². The number of hydrogen-bond acceptors (Lipinski definition) is 3. The van der Waals surface area contributed by atoms with Crippen molar-refractivity contribution in [2.75, 3.05) is 20.2 Å². The van der Waals surface area contributed by atoms with Crippen molar-refractivity contribution in [2.24, 2.45) is 0 Å². The predicted molar refractivity (Wildman–Crippen MR) is 97.4 cm³/mol. The Hall–Kier alpha value is -2.86. The van der Waals surface area contributed by atoms with Gasteiger partial charge in [0, 0.05) is 18.3 Å².